The number of hydrogen-bond donors (Lipinski definition) is 0. The van der Waals surface area contributed by atoms with Gasteiger partial charge in [-0.3, -0.25) is 0 Å². The highest BCUT2D eigenvalue weighted by molar-refractivity contribution is 8.93. The van der Waals surface area contributed by atoms with E-state index in [4.69, 9.17) is 0 Å². The Morgan fingerprint density at radius 2 is 2.00 bits per heavy atom. The Bertz CT molecular complexity index is 163. The van der Waals surface area contributed by atoms with Crippen LogP contribution in [0.25, 0.3) is 0 Å². The van der Waals surface area contributed by atoms with Gasteiger partial charge in [0.1, 0.15) is 0 Å². The van der Waals surface area contributed by atoms with E-state index in [0.29, 0.717) is 0 Å². The van der Waals surface area contributed by atoms with Crippen molar-refractivity contribution in [3.05, 3.63) is 24.4 Å². The summed E-state index contributed by atoms with van der Waals surface area (Å²) in [6, 6.07) is 0. The first-order valence-corrected chi connectivity index (χ1v) is 5.01. The summed E-state index contributed by atoms with van der Waals surface area (Å²) < 4.78 is 0. The molecule has 0 radical (unpaired) electrons. The van der Waals surface area contributed by atoms with E-state index in [9.17, 15) is 0 Å². The summed E-state index contributed by atoms with van der Waals surface area (Å²) in [4.78, 5) is 2.37. The molecule has 0 aromatic heterocycles. The quantitative estimate of drug-likeness (QED) is 0.671. The Labute approximate surface area is 92.3 Å². The molecule has 0 spiro atoms. The molecule has 1 aliphatic heterocycles. The van der Waals surface area contributed by atoms with Crippen LogP contribution in [0, 0.1) is 0 Å². The van der Waals surface area contributed by atoms with E-state index in [-0.39, 0.29) is 17.0 Å². The predicted molar refractivity (Wildman–Crippen MR) is 64.3 cm³/mol. The second kappa shape index (κ2) is 8.36. The second-order valence-electron chi connectivity index (χ2n) is 3.33. The van der Waals surface area contributed by atoms with Gasteiger partial charge in [-0.15, -0.1) is 17.0 Å². The first-order valence-electron chi connectivity index (χ1n) is 5.01. The lowest BCUT2D eigenvalue weighted by Crippen LogP contribution is -2.19. The highest BCUT2D eigenvalue weighted by Crippen LogP contribution is 2.04. The summed E-state index contributed by atoms with van der Waals surface area (Å²) in [5.74, 6) is 0. The monoisotopic (exact) mass is 245 g/mol. The van der Waals surface area contributed by atoms with Gasteiger partial charge in [-0.1, -0.05) is 38.3 Å². The van der Waals surface area contributed by atoms with Crippen molar-refractivity contribution in [2.24, 2.45) is 0 Å². The molecule has 1 rings (SSSR count). The molecule has 0 saturated carbocycles. The number of allylic oxidation sites excluding steroid dienone is 2. The van der Waals surface area contributed by atoms with E-state index in [1.165, 1.54) is 32.2 Å². The van der Waals surface area contributed by atoms with E-state index in [1.807, 2.05) is 0 Å². The van der Waals surface area contributed by atoms with Crippen molar-refractivity contribution in [2.75, 3.05) is 13.1 Å². The first-order chi connectivity index (χ1) is 5.93. The van der Waals surface area contributed by atoms with Gasteiger partial charge in [0.05, 0.1) is 0 Å². The van der Waals surface area contributed by atoms with E-state index >= 15 is 0 Å². The summed E-state index contributed by atoms with van der Waals surface area (Å²) >= 11 is 0. The Morgan fingerprint density at radius 3 is 2.62 bits per heavy atom. The zero-order valence-corrected chi connectivity index (χ0v) is 10.1. The SMILES string of the molecule is Br.CCCCCCN1C=CC=CC1. The van der Waals surface area contributed by atoms with Gasteiger partial charge in [0.2, 0.25) is 0 Å². The van der Waals surface area contributed by atoms with Crippen LogP contribution in [0.1, 0.15) is 32.6 Å². The van der Waals surface area contributed by atoms with Crippen LogP contribution >= 0.6 is 17.0 Å². The maximum atomic E-state index is 2.37. The normalized spacial score (nSPS) is 14.4. The van der Waals surface area contributed by atoms with Gasteiger partial charge < -0.3 is 4.90 Å². The van der Waals surface area contributed by atoms with Crippen LogP contribution < -0.4 is 0 Å². The Morgan fingerprint density at radius 1 is 1.15 bits per heavy atom. The molecule has 76 valence electrons. The lowest BCUT2D eigenvalue weighted by atomic mass is 10.2. The first kappa shape index (κ1) is 12.8. The standard InChI is InChI=1S/C11H19N.BrH/c1-2-3-4-6-9-12-10-7-5-8-11-12;/h5,7-8,10H,2-4,6,9,11H2,1H3;1H. The largest absolute Gasteiger partial charge is 0.374 e. The molecule has 0 atom stereocenters. The third-order valence-corrected chi connectivity index (χ3v) is 2.18. The molecule has 0 aliphatic carbocycles. The summed E-state index contributed by atoms with van der Waals surface area (Å²) in [7, 11) is 0. The van der Waals surface area contributed by atoms with Crippen molar-refractivity contribution in [2.45, 2.75) is 32.6 Å². The number of rotatable bonds is 5. The smallest absolute Gasteiger partial charge is 0.0357 e. The molecule has 0 amide bonds. The number of unbranched alkanes of at least 4 members (excludes halogenated alkanes) is 3. The molecule has 0 saturated heterocycles. The zero-order chi connectivity index (χ0) is 8.65. The number of nitrogens with zero attached hydrogens (tertiary/aromatic N) is 1. The van der Waals surface area contributed by atoms with Gasteiger partial charge in [-0.05, 0) is 18.7 Å². The van der Waals surface area contributed by atoms with E-state index in [2.05, 4.69) is 36.3 Å². The van der Waals surface area contributed by atoms with Gasteiger partial charge in [0.25, 0.3) is 0 Å². The minimum atomic E-state index is 0. The van der Waals surface area contributed by atoms with Gasteiger partial charge >= 0.3 is 0 Å². The average molecular weight is 246 g/mol. The summed E-state index contributed by atoms with van der Waals surface area (Å²) in [6.07, 6.45) is 14.1. The molecule has 1 nitrogen and oxygen atoms in total. The highest BCUT2D eigenvalue weighted by Gasteiger charge is 1.97. The van der Waals surface area contributed by atoms with Crippen molar-refractivity contribution in [1.82, 2.24) is 4.90 Å². The molecule has 0 N–H and O–H groups in total. The highest BCUT2D eigenvalue weighted by atomic mass is 79.9. The van der Waals surface area contributed by atoms with Crippen LogP contribution in [0.5, 0.6) is 0 Å². The van der Waals surface area contributed by atoms with Crippen molar-refractivity contribution < 1.29 is 0 Å². The fourth-order valence-corrected chi connectivity index (χ4v) is 1.41. The van der Waals surface area contributed by atoms with E-state index in [1.54, 1.807) is 0 Å². The fraction of sp³-hybridized carbons (Fsp3) is 0.636. The average Bonchev–Trinajstić information content (AvgIpc) is 2.14. The molecule has 0 aromatic rings. The van der Waals surface area contributed by atoms with Gasteiger partial charge in [-0.2, -0.15) is 0 Å². The fourth-order valence-electron chi connectivity index (χ4n) is 1.41. The molecule has 0 unspecified atom stereocenters. The van der Waals surface area contributed by atoms with Crippen LogP contribution in [0.2, 0.25) is 0 Å². The van der Waals surface area contributed by atoms with E-state index in [0.717, 1.165) is 6.54 Å². The number of halogens is 1. The lowest BCUT2D eigenvalue weighted by molar-refractivity contribution is 0.394. The third-order valence-electron chi connectivity index (χ3n) is 2.18. The summed E-state index contributed by atoms with van der Waals surface area (Å²) in [6.45, 7) is 4.58. The van der Waals surface area contributed by atoms with Crippen molar-refractivity contribution in [1.29, 1.82) is 0 Å². The predicted octanol–water partition coefficient (Wildman–Crippen LogP) is 3.53. The van der Waals surface area contributed by atoms with Crippen LogP contribution in [0.15, 0.2) is 24.4 Å². The molecular formula is C11H20BrN. The molecule has 2 heteroatoms. The molecular weight excluding hydrogens is 226 g/mol. The number of hydrogen-bond acceptors (Lipinski definition) is 1. The van der Waals surface area contributed by atoms with Crippen LogP contribution in [0.3, 0.4) is 0 Å². The van der Waals surface area contributed by atoms with Crippen LogP contribution in [0.4, 0.5) is 0 Å². The van der Waals surface area contributed by atoms with Crippen LogP contribution in [-0.4, -0.2) is 18.0 Å². The molecule has 1 heterocycles. The maximum absolute atomic E-state index is 2.37. The summed E-state index contributed by atoms with van der Waals surface area (Å²) in [5.41, 5.74) is 0. The molecule has 1 aliphatic rings. The van der Waals surface area contributed by atoms with Crippen LogP contribution in [-0.2, 0) is 0 Å². The zero-order valence-electron chi connectivity index (χ0n) is 8.41. The topological polar surface area (TPSA) is 3.24 Å². The van der Waals surface area contributed by atoms with Gasteiger partial charge in [-0.25, -0.2) is 0 Å². The van der Waals surface area contributed by atoms with Gasteiger partial charge in [0, 0.05) is 13.1 Å². The van der Waals surface area contributed by atoms with Crippen molar-refractivity contribution in [3.63, 3.8) is 0 Å². The lowest BCUT2D eigenvalue weighted by Gasteiger charge is -2.19. The minimum absolute atomic E-state index is 0. The Balaban J connectivity index is 0.00000144. The molecule has 0 aromatic carbocycles. The minimum Gasteiger partial charge on any atom is -0.374 e. The Hall–Kier alpha value is -0.240. The molecule has 0 bridgehead atoms. The third kappa shape index (κ3) is 5.92. The van der Waals surface area contributed by atoms with Crippen molar-refractivity contribution in [3.8, 4) is 0 Å². The maximum Gasteiger partial charge on any atom is 0.0357 e. The summed E-state index contributed by atoms with van der Waals surface area (Å²) in [5, 5.41) is 0. The molecule has 13 heavy (non-hydrogen) atoms. The van der Waals surface area contributed by atoms with Gasteiger partial charge in [0.15, 0.2) is 0 Å². The Kier molecular flexibility index (Phi) is 8.21. The molecule has 0 fully saturated rings. The second-order valence-corrected chi connectivity index (χ2v) is 3.33. The van der Waals surface area contributed by atoms with Crippen molar-refractivity contribution >= 4 is 17.0 Å². The van der Waals surface area contributed by atoms with E-state index < -0.39 is 0 Å².